The van der Waals surface area contributed by atoms with Gasteiger partial charge in [0.2, 0.25) is 0 Å². The SMILES string of the molecule is CCCO[Si](OCCC)(OCCC)OC(C)=O. The Morgan fingerprint density at radius 2 is 1.24 bits per heavy atom. The lowest BCUT2D eigenvalue weighted by molar-refractivity contribution is -0.142. The summed E-state index contributed by atoms with van der Waals surface area (Å²) >= 11 is 0. The van der Waals surface area contributed by atoms with Gasteiger partial charge in [-0.05, 0) is 19.3 Å². The van der Waals surface area contributed by atoms with E-state index in [-0.39, 0.29) is 0 Å². The summed E-state index contributed by atoms with van der Waals surface area (Å²) in [5.74, 6) is -0.431. The van der Waals surface area contributed by atoms with E-state index in [2.05, 4.69) is 0 Å². The Morgan fingerprint density at radius 1 is 0.882 bits per heavy atom. The molecule has 0 radical (unpaired) electrons. The summed E-state index contributed by atoms with van der Waals surface area (Å²) in [7, 11) is -3.27. The number of rotatable bonds is 10. The molecule has 0 atom stereocenters. The molecular weight excluding hydrogens is 240 g/mol. The molecule has 0 heterocycles. The molecule has 0 saturated carbocycles. The van der Waals surface area contributed by atoms with Crippen molar-refractivity contribution >= 4 is 15.0 Å². The van der Waals surface area contributed by atoms with Gasteiger partial charge < -0.3 is 17.7 Å². The molecule has 17 heavy (non-hydrogen) atoms. The fraction of sp³-hybridized carbons (Fsp3) is 0.909. The topological polar surface area (TPSA) is 54.0 Å². The number of hydrogen-bond donors (Lipinski definition) is 0. The molecule has 0 aliphatic carbocycles. The van der Waals surface area contributed by atoms with Crippen molar-refractivity contribution in [2.75, 3.05) is 19.8 Å². The van der Waals surface area contributed by atoms with E-state index in [9.17, 15) is 4.79 Å². The highest BCUT2D eigenvalue weighted by Crippen LogP contribution is 2.14. The molecule has 0 aliphatic heterocycles. The van der Waals surface area contributed by atoms with E-state index in [1.807, 2.05) is 20.8 Å². The Hall–Kier alpha value is -0.433. The molecule has 0 N–H and O–H groups in total. The molecule has 0 aromatic heterocycles. The lowest BCUT2D eigenvalue weighted by atomic mass is 10.5. The molecule has 102 valence electrons. The smallest absolute Gasteiger partial charge is 0.452 e. The highest BCUT2D eigenvalue weighted by molar-refractivity contribution is 6.55. The highest BCUT2D eigenvalue weighted by atomic mass is 28.4. The van der Waals surface area contributed by atoms with Crippen molar-refractivity contribution in [1.29, 1.82) is 0 Å². The largest absolute Gasteiger partial charge is 0.751 e. The standard InChI is InChI=1S/C11H24O5Si/c1-5-8-13-17(14-9-6-2,15-10-7-3)16-11(4)12/h5-10H2,1-4H3. The Kier molecular flexibility index (Phi) is 9.34. The maximum absolute atomic E-state index is 11.1. The van der Waals surface area contributed by atoms with Crippen molar-refractivity contribution in [3.05, 3.63) is 0 Å². The van der Waals surface area contributed by atoms with Crippen LogP contribution in [0.15, 0.2) is 0 Å². The van der Waals surface area contributed by atoms with Crippen LogP contribution in [0.4, 0.5) is 0 Å². The van der Waals surface area contributed by atoms with Crippen LogP contribution < -0.4 is 0 Å². The fourth-order valence-electron chi connectivity index (χ4n) is 1.07. The molecule has 0 rings (SSSR count). The van der Waals surface area contributed by atoms with Crippen LogP contribution in [0.5, 0.6) is 0 Å². The van der Waals surface area contributed by atoms with E-state index in [4.69, 9.17) is 17.7 Å². The Bertz CT molecular complexity index is 188. The fourth-order valence-corrected chi connectivity index (χ4v) is 3.21. The van der Waals surface area contributed by atoms with E-state index < -0.39 is 15.0 Å². The van der Waals surface area contributed by atoms with Gasteiger partial charge in [0.05, 0.1) is 0 Å². The quantitative estimate of drug-likeness (QED) is 0.567. The van der Waals surface area contributed by atoms with Gasteiger partial charge in [0, 0.05) is 26.7 Å². The first-order chi connectivity index (χ1) is 8.10. The van der Waals surface area contributed by atoms with Gasteiger partial charge in [0.15, 0.2) is 0 Å². The monoisotopic (exact) mass is 264 g/mol. The normalized spacial score (nSPS) is 11.5. The predicted molar refractivity (Wildman–Crippen MR) is 66.2 cm³/mol. The summed E-state index contributed by atoms with van der Waals surface area (Å²) in [6.07, 6.45) is 2.46. The maximum Gasteiger partial charge on any atom is 0.751 e. The van der Waals surface area contributed by atoms with E-state index >= 15 is 0 Å². The van der Waals surface area contributed by atoms with Crippen molar-refractivity contribution < 1.29 is 22.5 Å². The Morgan fingerprint density at radius 3 is 1.47 bits per heavy atom. The van der Waals surface area contributed by atoms with E-state index in [1.165, 1.54) is 6.92 Å². The second kappa shape index (κ2) is 9.58. The van der Waals surface area contributed by atoms with Crippen molar-refractivity contribution in [2.24, 2.45) is 0 Å². The lowest BCUT2D eigenvalue weighted by Gasteiger charge is -2.26. The Balaban J connectivity index is 4.56. The first-order valence-corrected chi connectivity index (χ1v) is 7.85. The van der Waals surface area contributed by atoms with Crippen LogP contribution in [0.3, 0.4) is 0 Å². The first-order valence-electron chi connectivity index (χ1n) is 6.21. The van der Waals surface area contributed by atoms with Crippen LogP contribution in [0.25, 0.3) is 0 Å². The molecule has 0 aromatic carbocycles. The minimum absolute atomic E-state index is 0.431. The van der Waals surface area contributed by atoms with Crippen molar-refractivity contribution in [3.63, 3.8) is 0 Å². The van der Waals surface area contributed by atoms with Gasteiger partial charge in [-0.3, -0.25) is 4.79 Å². The summed E-state index contributed by atoms with van der Waals surface area (Å²) in [4.78, 5) is 11.1. The molecular formula is C11H24O5Si. The van der Waals surface area contributed by atoms with Crippen molar-refractivity contribution in [3.8, 4) is 0 Å². The molecule has 0 aliphatic rings. The van der Waals surface area contributed by atoms with Crippen molar-refractivity contribution in [1.82, 2.24) is 0 Å². The number of carbonyl (C=O) groups excluding carboxylic acids is 1. The Labute approximate surface area is 105 Å². The zero-order valence-electron chi connectivity index (χ0n) is 11.3. The second-order valence-corrected chi connectivity index (χ2v) is 5.71. The average Bonchev–Trinajstić information content (AvgIpc) is 2.30. The third kappa shape index (κ3) is 7.48. The van der Waals surface area contributed by atoms with Crippen molar-refractivity contribution in [2.45, 2.75) is 47.0 Å². The van der Waals surface area contributed by atoms with E-state index in [1.54, 1.807) is 0 Å². The number of carbonyl (C=O) groups is 1. The van der Waals surface area contributed by atoms with Crippen LogP contribution in [-0.4, -0.2) is 34.8 Å². The molecule has 0 bridgehead atoms. The summed E-state index contributed by atoms with van der Waals surface area (Å²) in [5.41, 5.74) is 0. The van der Waals surface area contributed by atoms with E-state index in [0.717, 1.165) is 19.3 Å². The number of hydrogen-bond acceptors (Lipinski definition) is 5. The minimum atomic E-state index is -3.27. The zero-order valence-corrected chi connectivity index (χ0v) is 12.3. The summed E-state index contributed by atoms with van der Waals surface area (Å²) in [6, 6.07) is 0. The van der Waals surface area contributed by atoms with Gasteiger partial charge >= 0.3 is 9.05 Å². The molecule has 0 saturated heterocycles. The molecule has 6 heteroatoms. The summed E-state index contributed by atoms with van der Waals surface area (Å²) in [6.45, 7) is 8.67. The lowest BCUT2D eigenvalue weighted by Crippen LogP contribution is -2.50. The van der Waals surface area contributed by atoms with Gasteiger partial charge in [-0.2, -0.15) is 0 Å². The van der Waals surface area contributed by atoms with Gasteiger partial charge in [-0.25, -0.2) is 0 Å². The van der Waals surface area contributed by atoms with Gasteiger partial charge in [0.25, 0.3) is 5.97 Å². The summed E-state index contributed by atoms with van der Waals surface area (Å²) in [5, 5.41) is 0. The summed E-state index contributed by atoms with van der Waals surface area (Å²) < 4.78 is 21.8. The average molecular weight is 264 g/mol. The second-order valence-electron chi connectivity index (χ2n) is 3.64. The van der Waals surface area contributed by atoms with Gasteiger partial charge in [-0.15, -0.1) is 0 Å². The van der Waals surface area contributed by atoms with Crippen LogP contribution >= 0.6 is 0 Å². The molecule has 0 spiro atoms. The molecule has 0 fully saturated rings. The minimum Gasteiger partial charge on any atom is -0.452 e. The molecule has 0 aromatic rings. The van der Waals surface area contributed by atoms with Crippen LogP contribution in [-0.2, 0) is 22.5 Å². The highest BCUT2D eigenvalue weighted by Gasteiger charge is 2.49. The van der Waals surface area contributed by atoms with E-state index in [0.29, 0.717) is 19.8 Å². The molecule has 0 unspecified atom stereocenters. The molecule has 0 amide bonds. The zero-order chi connectivity index (χ0) is 13.1. The third-order valence-electron chi connectivity index (χ3n) is 1.72. The maximum atomic E-state index is 11.1. The molecule has 5 nitrogen and oxygen atoms in total. The van der Waals surface area contributed by atoms with Crippen LogP contribution in [0.2, 0.25) is 0 Å². The van der Waals surface area contributed by atoms with Gasteiger partial charge in [-0.1, -0.05) is 20.8 Å². The van der Waals surface area contributed by atoms with Crippen LogP contribution in [0, 0.1) is 0 Å². The third-order valence-corrected chi connectivity index (χ3v) is 3.93. The van der Waals surface area contributed by atoms with Crippen LogP contribution in [0.1, 0.15) is 47.0 Å². The first kappa shape index (κ1) is 16.6. The predicted octanol–water partition coefficient (Wildman–Crippen LogP) is 2.26. The van der Waals surface area contributed by atoms with Gasteiger partial charge in [0.1, 0.15) is 0 Å².